The zero-order chi connectivity index (χ0) is 17.4. The Kier molecular flexibility index (Phi) is 6.22. The van der Waals surface area contributed by atoms with Gasteiger partial charge in [-0.25, -0.2) is 4.79 Å². The van der Waals surface area contributed by atoms with Crippen LogP contribution in [0.1, 0.15) is 0 Å². The molecule has 0 bridgehead atoms. The minimum Gasteiger partial charge on any atom is -0.547 e. The first kappa shape index (κ1) is 19.9. The van der Waals surface area contributed by atoms with E-state index in [-0.39, 0.29) is 40.9 Å². The summed E-state index contributed by atoms with van der Waals surface area (Å²) in [6, 6.07) is 7.19. The summed E-state index contributed by atoms with van der Waals surface area (Å²) >= 11 is 0. The molecule has 2 aromatic rings. The van der Waals surface area contributed by atoms with Crippen molar-refractivity contribution in [2.45, 2.75) is 30.7 Å². The minimum absolute atomic E-state index is 0. The van der Waals surface area contributed by atoms with Crippen molar-refractivity contribution < 1.29 is 68.7 Å². The van der Waals surface area contributed by atoms with Gasteiger partial charge in [-0.3, -0.25) is 0 Å². The molecule has 10 heteroatoms. The number of carboxylic acids is 1. The van der Waals surface area contributed by atoms with E-state index in [0.29, 0.717) is 5.39 Å². The maximum Gasteiger partial charge on any atom is 1.00 e. The monoisotopic (exact) mass is 360 g/mol. The van der Waals surface area contributed by atoms with Gasteiger partial charge in [-0.15, -0.1) is 0 Å². The average Bonchev–Trinajstić information content (AvgIpc) is 2.54. The smallest absolute Gasteiger partial charge is 0.547 e. The fraction of sp³-hybridized carbons (Fsp3) is 0.333. The van der Waals surface area contributed by atoms with Crippen molar-refractivity contribution >= 4 is 16.9 Å². The van der Waals surface area contributed by atoms with E-state index in [2.05, 4.69) is 0 Å². The van der Waals surface area contributed by atoms with Gasteiger partial charge in [0.2, 0.25) is 6.29 Å². The quantitative estimate of drug-likeness (QED) is 0.360. The Morgan fingerprint density at radius 2 is 1.76 bits per heavy atom. The molecule has 0 spiro atoms. The summed E-state index contributed by atoms with van der Waals surface area (Å²) in [7, 11) is 0. The topological polar surface area (TPSA) is 149 Å². The van der Waals surface area contributed by atoms with Crippen LogP contribution < -0.4 is 45.0 Å². The van der Waals surface area contributed by atoms with E-state index in [9.17, 15) is 30.0 Å². The molecule has 1 fully saturated rings. The van der Waals surface area contributed by atoms with Crippen molar-refractivity contribution in [3.63, 3.8) is 0 Å². The fourth-order valence-corrected chi connectivity index (χ4v) is 2.39. The van der Waals surface area contributed by atoms with Crippen LogP contribution in [0.2, 0.25) is 0 Å². The molecular weight excluding hydrogens is 347 g/mol. The SMILES string of the molecule is O=C([O-])[C@H]1O[C@@H](Oc2ccc3ccc(=O)oc3c2)[C@H](O)[C@@H](O)[C@@H]1O.[Na+]. The van der Waals surface area contributed by atoms with Crippen LogP contribution in [0.5, 0.6) is 5.75 Å². The first-order valence-corrected chi connectivity index (χ1v) is 6.98. The number of carboxylic acid groups (broad SMARTS) is 1. The molecule has 5 atom stereocenters. The van der Waals surface area contributed by atoms with Gasteiger partial charge in [0.25, 0.3) is 0 Å². The van der Waals surface area contributed by atoms with Crippen molar-refractivity contribution in [1.29, 1.82) is 0 Å². The molecule has 1 aromatic carbocycles. The Hall–Kier alpha value is -1.46. The first-order valence-electron chi connectivity index (χ1n) is 6.98. The second kappa shape index (κ2) is 7.83. The summed E-state index contributed by atoms with van der Waals surface area (Å²) in [4.78, 5) is 22.2. The van der Waals surface area contributed by atoms with Gasteiger partial charge in [-0.05, 0) is 18.2 Å². The van der Waals surface area contributed by atoms with Crippen LogP contribution in [-0.2, 0) is 9.53 Å². The number of hydrogen-bond donors (Lipinski definition) is 3. The number of carbonyl (C=O) groups is 1. The molecule has 25 heavy (non-hydrogen) atoms. The van der Waals surface area contributed by atoms with Gasteiger partial charge in [0.15, 0.2) is 0 Å². The summed E-state index contributed by atoms with van der Waals surface area (Å²) in [5, 5.41) is 40.7. The number of benzene rings is 1. The molecule has 0 saturated carbocycles. The zero-order valence-electron chi connectivity index (χ0n) is 13.1. The molecule has 9 nitrogen and oxygen atoms in total. The van der Waals surface area contributed by atoms with Crippen molar-refractivity contribution in [2.75, 3.05) is 0 Å². The van der Waals surface area contributed by atoms with Gasteiger partial charge in [0.05, 0.1) is 5.97 Å². The van der Waals surface area contributed by atoms with Crippen molar-refractivity contribution in [1.82, 2.24) is 0 Å². The molecule has 1 aliphatic rings. The van der Waals surface area contributed by atoms with Gasteiger partial charge in [0, 0.05) is 17.5 Å². The molecular formula is C15H13NaO9. The normalized spacial score (nSPS) is 29.0. The van der Waals surface area contributed by atoms with E-state index in [1.165, 1.54) is 18.2 Å². The van der Waals surface area contributed by atoms with E-state index in [4.69, 9.17) is 13.9 Å². The van der Waals surface area contributed by atoms with Crippen LogP contribution in [-0.4, -0.2) is 52.0 Å². The molecule has 0 aliphatic carbocycles. The molecule has 0 amide bonds. The largest absolute Gasteiger partial charge is 1.00 e. The summed E-state index contributed by atoms with van der Waals surface area (Å²) < 4.78 is 15.2. The molecule has 3 N–H and O–H groups in total. The predicted molar refractivity (Wildman–Crippen MR) is 74.8 cm³/mol. The second-order valence-electron chi connectivity index (χ2n) is 5.29. The predicted octanol–water partition coefficient (Wildman–Crippen LogP) is -5.27. The Bertz CT molecular complexity index is 820. The van der Waals surface area contributed by atoms with E-state index < -0.39 is 42.3 Å². The van der Waals surface area contributed by atoms with Crippen LogP contribution >= 0.6 is 0 Å². The van der Waals surface area contributed by atoms with Crippen LogP contribution in [0.25, 0.3) is 11.0 Å². The third-order valence-corrected chi connectivity index (χ3v) is 3.65. The molecule has 0 radical (unpaired) electrons. The van der Waals surface area contributed by atoms with Gasteiger partial charge in [-0.1, -0.05) is 0 Å². The number of aliphatic hydroxyl groups excluding tert-OH is 3. The number of aliphatic carboxylic acids is 1. The van der Waals surface area contributed by atoms with Crippen LogP contribution in [0.4, 0.5) is 0 Å². The molecule has 1 aliphatic heterocycles. The van der Waals surface area contributed by atoms with Crippen LogP contribution in [0.15, 0.2) is 39.5 Å². The third-order valence-electron chi connectivity index (χ3n) is 3.65. The Labute approximate surface area is 162 Å². The van der Waals surface area contributed by atoms with E-state index in [1.807, 2.05) is 0 Å². The second-order valence-corrected chi connectivity index (χ2v) is 5.29. The number of hydrogen-bond acceptors (Lipinski definition) is 9. The molecule has 128 valence electrons. The van der Waals surface area contributed by atoms with Gasteiger partial charge in [0.1, 0.15) is 35.7 Å². The third kappa shape index (κ3) is 4.04. The number of rotatable bonds is 3. The van der Waals surface area contributed by atoms with E-state index >= 15 is 0 Å². The molecule has 1 aromatic heterocycles. The summed E-state index contributed by atoms with van der Waals surface area (Å²) in [5.41, 5.74) is -0.355. The molecule has 3 rings (SSSR count). The number of aliphatic hydroxyl groups is 3. The van der Waals surface area contributed by atoms with Gasteiger partial charge >= 0.3 is 35.2 Å². The summed E-state index contributed by atoms with van der Waals surface area (Å²) in [6.45, 7) is 0. The maximum atomic E-state index is 11.2. The van der Waals surface area contributed by atoms with Crippen LogP contribution in [0, 0.1) is 0 Å². The average molecular weight is 360 g/mol. The molecule has 0 unspecified atom stereocenters. The molecule has 1 saturated heterocycles. The zero-order valence-corrected chi connectivity index (χ0v) is 15.1. The number of ether oxygens (including phenoxy) is 2. The number of carbonyl (C=O) groups excluding carboxylic acids is 1. The maximum absolute atomic E-state index is 11.2. The Balaban J connectivity index is 0.00000225. The first-order chi connectivity index (χ1) is 11.4. The van der Waals surface area contributed by atoms with Crippen molar-refractivity contribution in [3.8, 4) is 5.75 Å². The van der Waals surface area contributed by atoms with Crippen LogP contribution in [0.3, 0.4) is 0 Å². The Morgan fingerprint density at radius 1 is 1.08 bits per heavy atom. The molecule has 2 heterocycles. The van der Waals surface area contributed by atoms with Gasteiger partial charge < -0.3 is 39.1 Å². The summed E-state index contributed by atoms with van der Waals surface area (Å²) in [6.07, 6.45) is -8.80. The van der Waals surface area contributed by atoms with Crippen molar-refractivity contribution in [2.24, 2.45) is 0 Å². The minimum atomic E-state index is -1.87. The summed E-state index contributed by atoms with van der Waals surface area (Å²) in [5.74, 6) is -1.66. The van der Waals surface area contributed by atoms with E-state index in [1.54, 1.807) is 12.1 Å². The van der Waals surface area contributed by atoms with Gasteiger partial charge in [-0.2, -0.15) is 0 Å². The van der Waals surface area contributed by atoms with E-state index in [0.717, 1.165) is 0 Å². The fourth-order valence-electron chi connectivity index (χ4n) is 2.39. The van der Waals surface area contributed by atoms with Crippen molar-refractivity contribution in [3.05, 3.63) is 40.8 Å². The Morgan fingerprint density at radius 3 is 2.44 bits per heavy atom. The number of fused-ring (bicyclic) bond motifs is 1. The standard InChI is InChI=1S/C15H14O9.Na/c16-9-4-2-6-1-3-7(5-8(6)23-9)22-15-12(19)10(17)11(18)13(24-15)14(20)21;/h1-5,10-13,15,17-19H,(H,20,21);/q;+1/p-1/t10-,11-,12+,13-,15+;/m0./s1.